The van der Waals surface area contributed by atoms with Crippen LogP contribution in [0.3, 0.4) is 0 Å². The highest BCUT2D eigenvalue weighted by atomic mass is 16.6. The highest BCUT2D eigenvalue weighted by molar-refractivity contribution is 5.97. The molecule has 0 unspecified atom stereocenters. The summed E-state index contributed by atoms with van der Waals surface area (Å²) in [6.07, 6.45) is 1.54. The van der Waals surface area contributed by atoms with Gasteiger partial charge in [0, 0.05) is 25.4 Å². The average molecular weight is 316 g/mol. The molecular weight excluding hydrogens is 292 g/mol. The van der Waals surface area contributed by atoms with Gasteiger partial charge < -0.3 is 14.4 Å². The van der Waals surface area contributed by atoms with E-state index in [1.165, 1.54) is 6.08 Å². The van der Waals surface area contributed by atoms with E-state index in [9.17, 15) is 4.79 Å². The molecule has 0 bridgehead atoms. The number of ether oxygens (including phenoxy) is 2. The van der Waals surface area contributed by atoms with Crippen LogP contribution in [0.1, 0.15) is 26.3 Å². The van der Waals surface area contributed by atoms with Crippen LogP contribution in [-0.2, 0) is 14.3 Å². The lowest BCUT2D eigenvalue weighted by molar-refractivity contribution is -0.139. The Labute approximate surface area is 138 Å². The summed E-state index contributed by atoms with van der Waals surface area (Å²) in [5.41, 5.74) is 1.89. The van der Waals surface area contributed by atoms with Crippen molar-refractivity contribution in [3.8, 4) is 6.07 Å². The molecule has 0 saturated carbocycles. The van der Waals surface area contributed by atoms with Gasteiger partial charge in [0.2, 0.25) is 0 Å². The van der Waals surface area contributed by atoms with Crippen molar-refractivity contribution < 1.29 is 14.3 Å². The minimum absolute atomic E-state index is 0.0166. The van der Waals surface area contributed by atoms with Crippen molar-refractivity contribution in [2.45, 2.75) is 20.8 Å². The average Bonchev–Trinajstić information content (AvgIpc) is 2.58. The third kappa shape index (κ3) is 6.13. The van der Waals surface area contributed by atoms with Gasteiger partial charge in [-0.25, -0.2) is 4.79 Å². The molecule has 1 rings (SSSR count). The van der Waals surface area contributed by atoms with Gasteiger partial charge in [0.05, 0.1) is 6.61 Å². The van der Waals surface area contributed by atoms with Crippen molar-refractivity contribution >= 4 is 17.7 Å². The maximum Gasteiger partial charge on any atom is 0.348 e. The molecule has 1 aromatic rings. The van der Waals surface area contributed by atoms with Crippen molar-refractivity contribution in [3.63, 3.8) is 0 Å². The Morgan fingerprint density at radius 2 is 1.83 bits per heavy atom. The first-order chi connectivity index (χ1) is 11.2. The zero-order chi connectivity index (χ0) is 17.1. The van der Waals surface area contributed by atoms with Crippen LogP contribution in [0.2, 0.25) is 0 Å². The number of anilines is 1. The highest BCUT2D eigenvalue weighted by Crippen LogP contribution is 2.17. The molecule has 0 N–H and O–H groups in total. The molecule has 5 nitrogen and oxygen atoms in total. The summed E-state index contributed by atoms with van der Waals surface area (Å²) in [7, 11) is 0. The molecular formula is C18H24N2O3. The molecule has 0 atom stereocenters. The summed E-state index contributed by atoms with van der Waals surface area (Å²) in [6, 6.07) is 9.62. The van der Waals surface area contributed by atoms with E-state index in [1.54, 1.807) is 0 Å². The Bertz CT molecular complexity index is 555. The minimum Gasteiger partial charge on any atom is -0.459 e. The second kappa shape index (κ2) is 10.4. The predicted octanol–water partition coefficient (Wildman–Crippen LogP) is 3.02. The molecule has 0 heterocycles. The van der Waals surface area contributed by atoms with Crippen molar-refractivity contribution in [2.24, 2.45) is 0 Å². The minimum atomic E-state index is -0.625. The van der Waals surface area contributed by atoms with Gasteiger partial charge in [-0.3, -0.25) is 0 Å². The molecule has 23 heavy (non-hydrogen) atoms. The lowest BCUT2D eigenvalue weighted by atomic mass is 10.1. The fourth-order valence-electron chi connectivity index (χ4n) is 2.09. The summed E-state index contributed by atoms with van der Waals surface area (Å²) in [5, 5.41) is 9.12. The fourth-order valence-corrected chi connectivity index (χ4v) is 2.09. The maximum absolute atomic E-state index is 11.8. The molecule has 5 heteroatoms. The van der Waals surface area contributed by atoms with Crippen LogP contribution in [0, 0.1) is 11.3 Å². The topological polar surface area (TPSA) is 62.6 Å². The summed E-state index contributed by atoms with van der Waals surface area (Å²) >= 11 is 0. The van der Waals surface area contributed by atoms with E-state index in [4.69, 9.17) is 14.7 Å². The summed E-state index contributed by atoms with van der Waals surface area (Å²) in [4.78, 5) is 14.1. The van der Waals surface area contributed by atoms with Crippen LogP contribution in [-0.4, -0.2) is 38.9 Å². The smallest absolute Gasteiger partial charge is 0.348 e. The van der Waals surface area contributed by atoms with E-state index >= 15 is 0 Å². The van der Waals surface area contributed by atoms with Gasteiger partial charge in [-0.1, -0.05) is 12.1 Å². The number of nitrogens with zero attached hydrogens (tertiary/aromatic N) is 2. The zero-order valence-electron chi connectivity index (χ0n) is 14.0. The molecule has 0 aliphatic rings. The summed E-state index contributed by atoms with van der Waals surface area (Å²) < 4.78 is 10.1. The van der Waals surface area contributed by atoms with Gasteiger partial charge in [-0.05, 0) is 44.5 Å². The second-order valence-electron chi connectivity index (χ2n) is 4.77. The summed E-state index contributed by atoms with van der Waals surface area (Å²) in [5.74, 6) is -0.625. The molecule has 124 valence electrons. The van der Waals surface area contributed by atoms with Crippen molar-refractivity contribution in [2.75, 3.05) is 37.8 Å². The lowest BCUT2D eigenvalue weighted by Crippen LogP contribution is -2.21. The van der Waals surface area contributed by atoms with Gasteiger partial charge >= 0.3 is 5.97 Å². The van der Waals surface area contributed by atoms with Crippen LogP contribution in [0.15, 0.2) is 29.8 Å². The quantitative estimate of drug-likeness (QED) is 0.303. The van der Waals surface area contributed by atoms with Gasteiger partial charge in [0.25, 0.3) is 0 Å². The van der Waals surface area contributed by atoms with Crippen LogP contribution < -0.4 is 4.90 Å². The molecule has 0 saturated heterocycles. The molecule has 0 amide bonds. The Kier molecular flexibility index (Phi) is 8.48. The Morgan fingerprint density at radius 3 is 2.35 bits per heavy atom. The molecule has 0 spiro atoms. The van der Waals surface area contributed by atoms with E-state index in [2.05, 4.69) is 18.7 Å². The fraction of sp³-hybridized carbons (Fsp3) is 0.444. The first-order valence-corrected chi connectivity index (χ1v) is 7.87. The number of hydrogen-bond acceptors (Lipinski definition) is 5. The Hall–Kier alpha value is -2.32. The van der Waals surface area contributed by atoms with E-state index < -0.39 is 5.97 Å². The molecule has 0 aliphatic carbocycles. The number of rotatable bonds is 9. The predicted molar refractivity (Wildman–Crippen MR) is 91.0 cm³/mol. The van der Waals surface area contributed by atoms with Crippen LogP contribution >= 0.6 is 0 Å². The molecule has 0 aliphatic heterocycles. The van der Waals surface area contributed by atoms with Gasteiger partial charge in [0.15, 0.2) is 0 Å². The van der Waals surface area contributed by atoms with Crippen molar-refractivity contribution in [3.05, 3.63) is 35.4 Å². The van der Waals surface area contributed by atoms with Gasteiger partial charge in [-0.2, -0.15) is 5.26 Å². The number of esters is 1. The first kappa shape index (κ1) is 18.7. The Morgan fingerprint density at radius 1 is 1.17 bits per heavy atom. The zero-order valence-corrected chi connectivity index (χ0v) is 14.0. The molecule has 0 fully saturated rings. The highest BCUT2D eigenvalue weighted by Gasteiger charge is 2.10. The lowest BCUT2D eigenvalue weighted by Gasteiger charge is -2.20. The second-order valence-corrected chi connectivity index (χ2v) is 4.77. The number of carbonyl (C=O) groups is 1. The third-order valence-corrected chi connectivity index (χ3v) is 3.34. The normalized spacial score (nSPS) is 11.0. The van der Waals surface area contributed by atoms with Gasteiger partial charge in [0.1, 0.15) is 18.2 Å². The number of benzene rings is 1. The molecule has 0 radical (unpaired) electrons. The molecule has 0 aromatic heterocycles. The number of hydrogen-bond donors (Lipinski definition) is 0. The van der Waals surface area contributed by atoms with Crippen molar-refractivity contribution in [1.82, 2.24) is 0 Å². The monoisotopic (exact) mass is 316 g/mol. The Balaban J connectivity index is 2.74. The SMILES string of the molecule is CCOCCOC(=O)/C(C#N)=C/c1ccc(N(CC)CC)cc1. The maximum atomic E-state index is 11.8. The first-order valence-electron chi connectivity index (χ1n) is 7.87. The van der Waals surface area contributed by atoms with Crippen molar-refractivity contribution in [1.29, 1.82) is 5.26 Å². The van der Waals surface area contributed by atoms with Crippen LogP contribution in [0.4, 0.5) is 5.69 Å². The van der Waals surface area contributed by atoms with Crippen LogP contribution in [0.5, 0.6) is 0 Å². The van der Waals surface area contributed by atoms with Gasteiger partial charge in [-0.15, -0.1) is 0 Å². The third-order valence-electron chi connectivity index (χ3n) is 3.34. The van der Waals surface area contributed by atoms with Crippen LogP contribution in [0.25, 0.3) is 6.08 Å². The largest absolute Gasteiger partial charge is 0.459 e. The van der Waals surface area contributed by atoms with E-state index in [-0.39, 0.29) is 12.2 Å². The summed E-state index contributed by atoms with van der Waals surface area (Å²) in [6.45, 7) is 8.98. The van der Waals surface area contributed by atoms with E-state index in [1.807, 2.05) is 37.3 Å². The molecule has 1 aromatic carbocycles. The number of nitriles is 1. The standard InChI is InChI=1S/C18H24N2O3/c1-4-20(5-2)17-9-7-15(8-10-17)13-16(14-19)18(21)23-12-11-22-6-3/h7-10,13H,4-6,11-12H2,1-3H3/b16-13+. The van der Waals surface area contributed by atoms with E-state index in [0.717, 1.165) is 24.3 Å². The number of carbonyl (C=O) groups excluding carboxylic acids is 1. The van der Waals surface area contributed by atoms with E-state index in [0.29, 0.717) is 13.2 Å².